The zero-order valence-electron chi connectivity index (χ0n) is 9.88. The van der Waals surface area contributed by atoms with Crippen LogP contribution >= 0.6 is 23.2 Å². The van der Waals surface area contributed by atoms with Crippen LogP contribution in [0.5, 0.6) is 5.75 Å². The SMILES string of the molecule is Cc1ncc(C=C(Cl)Cl)c2c1OC(C)(C)OC2. The lowest BCUT2D eigenvalue weighted by Crippen LogP contribution is -2.36. The minimum atomic E-state index is -0.632. The van der Waals surface area contributed by atoms with Crippen LogP contribution in [0.25, 0.3) is 6.08 Å². The van der Waals surface area contributed by atoms with Gasteiger partial charge in [-0.15, -0.1) is 0 Å². The number of hydrogen-bond donors (Lipinski definition) is 0. The predicted octanol–water partition coefficient (Wildman–Crippen LogP) is 3.81. The molecule has 0 aromatic carbocycles. The molecule has 1 aliphatic rings. The fourth-order valence-electron chi connectivity index (χ4n) is 1.70. The number of aromatic nitrogens is 1. The van der Waals surface area contributed by atoms with Crippen molar-refractivity contribution >= 4 is 29.3 Å². The molecule has 0 N–H and O–H groups in total. The summed E-state index contributed by atoms with van der Waals surface area (Å²) in [5.41, 5.74) is 2.58. The summed E-state index contributed by atoms with van der Waals surface area (Å²) < 4.78 is 11.6. The van der Waals surface area contributed by atoms with E-state index in [4.69, 9.17) is 32.7 Å². The first-order valence-corrected chi connectivity index (χ1v) is 5.99. The van der Waals surface area contributed by atoms with Crippen molar-refractivity contribution < 1.29 is 9.47 Å². The van der Waals surface area contributed by atoms with Gasteiger partial charge in [-0.2, -0.15) is 0 Å². The Kier molecular flexibility index (Phi) is 3.34. The van der Waals surface area contributed by atoms with E-state index in [1.807, 2.05) is 20.8 Å². The molecule has 2 rings (SSSR count). The van der Waals surface area contributed by atoms with Crippen molar-refractivity contribution in [3.63, 3.8) is 0 Å². The van der Waals surface area contributed by atoms with Gasteiger partial charge in [-0.1, -0.05) is 23.2 Å². The highest BCUT2D eigenvalue weighted by Gasteiger charge is 2.30. The second-order valence-corrected chi connectivity index (χ2v) is 5.34. The average Bonchev–Trinajstić information content (AvgIpc) is 2.21. The maximum atomic E-state index is 5.77. The van der Waals surface area contributed by atoms with Crippen molar-refractivity contribution in [3.8, 4) is 5.75 Å². The van der Waals surface area contributed by atoms with Gasteiger partial charge in [0.25, 0.3) is 0 Å². The topological polar surface area (TPSA) is 31.4 Å². The van der Waals surface area contributed by atoms with E-state index in [2.05, 4.69) is 4.98 Å². The van der Waals surface area contributed by atoms with Gasteiger partial charge in [0.2, 0.25) is 5.79 Å². The second-order valence-electron chi connectivity index (χ2n) is 4.33. The summed E-state index contributed by atoms with van der Waals surface area (Å²) in [6, 6.07) is 0. The van der Waals surface area contributed by atoms with E-state index in [1.165, 1.54) is 0 Å². The van der Waals surface area contributed by atoms with Crippen molar-refractivity contribution in [2.24, 2.45) is 0 Å². The molecule has 3 nitrogen and oxygen atoms in total. The lowest BCUT2D eigenvalue weighted by Gasteiger charge is -2.33. The maximum absolute atomic E-state index is 5.77. The van der Waals surface area contributed by atoms with E-state index in [9.17, 15) is 0 Å². The third-order valence-electron chi connectivity index (χ3n) is 2.53. The molecule has 0 spiro atoms. The van der Waals surface area contributed by atoms with Crippen molar-refractivity contribution in [1.82, 2.24) is 4.98 Å². The zero-order valence-corrected chi connectivity index (χ0v) is 11.4. The first-order chi connectivity index (χ1) is 7.89. The van der Waals surface area contributed by atoms with E-state index in [-0.39, 0.29) is 4.49 Å². The van der Waals surface area contributed by atoms with Crippen LogP contribution in [-0.4, -0.2) is 10.8 Å². The van der Waals surface area contributed by atoms with Gasteiger partial charge in [-0.25, -0.2) is 0 Å². The van der Waals surface area contributed by atoms with Gasteiger partial charge in [-0.3, -0.25) is 4.98 Å². The van der Waals surface area contributed by atoms with Crippen molar-refractivity contribution in [1.29, 1.82) is 0 Å². The minimum absolute atomic E-state index is 0.183. The molecule has 17 heavy (non-hydrogen) atoms. The van der Waals surface area contributed by atoms with Gasteiger partial charge >= 0.3 is 0 Å². The lowest BCUT2D eigenvalue weighted by molar-refractivity contribution is -0.180. The van der Waals surface area contributed by atoms with Gasteiger partial charge in [0.05, 0.1) is 12.3 Å². The molecule has 92 valence electrons. The highest BCUT2D eigenvalue weighted by atomic mass is 35.5. The molecule has 0 amide bonds. The van der Waals surface area contributed by atoms with E-state index in [1.54, 1.807) is 12.3 Å². The number of fused-ring (bicyclic) bond motifs is 1. The second kappa shape index (κ2) is 4.48. The Labute approximate surface area is 110 Å². The first-order valence-electron chi connectivity index (χ1n) is 5.23. The molecule has 0 saturated carbocycles. The third-order valence-corrected chi connectivity index (χ3v) is 2.74. The quantitative estimate of drug-likeness (QED) is 0.780. The van der Waals surface area contributed by atoms with Crippen LogP contribution in [0, 0.1) is 6.92 Å². The minimum Gasteiger partial charge on any atom is -0.461 e. The molecular formula is C12H13Cl2NO2. The van der Waals surface area contributed by atoms with E-state index >= 15 is 0 Å². The molecule has 0 atom stereocenters. The third kappa shape index (κ3) is 2.73. The predicted molar refractivity (Wildman–Crippen MR) is 68.2 cm³/mol. The summed E-state index contributed by atoms with van der Waals surface area (Å²) in [5, 5.41) is 0. The fraction of sp³-hybridized carbons (Fsp3) is 0.417. The van der Waals surface area contributed by atoms with Crippen molar-refractivity contribution in [2.45, 2.75) is 33.2 Å². The Morgan fingerprint density at radius 2 is 2.18 bits per heavy atom. The summed E-state index contributed by atoms with van der Waals surface area (Å²) in [6.45, 7) is 6.09. The zero-order chi connectivity index (χ0) is 12.6. The number of aryl methyl sites for hydroxylation is 1. The van der Waals surface area contributed by atoms with Gasteiger partial charge in [0.1, 0.15) is 10.2 Å². The molecule has 2 heterocycles. The molecule has 0 bridgehead atoms. The van der Waals surface area contributed by atoms with Crippen LogP contribution in [0.2, 0.25) is 0 Å². The summed E-state index contributed by atoms with van der Waals surface area (Å²) in [7, 11) is 0. The fourth-order valence-corrected chi connectivity index (χ4v) is 1.93. The standard InChI is InChI=1S/C12H13Cl2NO2/c1-7-11-9(6-16-12(2,3)17-11)8(5-15-7)4-10(13)14/h4-5H,6H2,1-3H3. The first kappa shape index (κ1) is 12.7. The largest absolute Gasteiger partial charge is 0.461 e. The van der Waals surface area contributed by atoms with Gasteiger partial charge in [0.15, 0.2) is 0 Å². The molecule has 1 aliphatic heterocycles. The average molecular weight is 274 g/mol. The molecular weight excluding hydrogens is 261 g/mol. The van der Waals surface area contributed by atoms with Crippen LogP contribution < -0.4 is 4.74 Å². The summed E-state index contributed by atoms with van der Waals surface area (Å²) in [4.78, 5) is 4.27. The Morgan fingerprint density at radius 3 is 2.82 bits per heavy atom. The van der Waals surface area contributed by atoms with Crippen LogP contribution in [0.15, 0.2) is 10.7 Å². The molecule has 0 saturated heterocycles. The van der Waals surface area contributed by atoms with Crippen molar-refractivity contribution in [3.05, 3.63) is 27.5 Å². The number of ether oxygens (including phenoxy) is 2. The number of rotatable bonds is 1. The van der Waals surface area contributed by atoms with E-state index in [0.717, 1.165) is 22.6 Å². The Morgan fingerprint density at radius 1 is 1.47 bits per heavy atom. The molecule has 0 radical (unpaired) electrons. The number of hydrogen-bond acceptors (Lipinski definition) is 3. The van der Waals surface area contributed by atoms with Crippen LogP contribution in [0.4, 0.5) is 0 Å². The number of nitrogens with zero attached hydrogens (tertiary/aromatic N) is 1. The number of halogens is 2. The number of pyridine rings is 1. The Balaban J connectivity index is 2.52. The normalized spacial score (nSPS) is 17.0. The van der Waals surface area contributed by atoms with E-state index in [0.29, 0.717) is 6.61 Å². The molecule has 0 aliphatic carbocycles. The van der Waals surface area contributed by atoms with Crippen LogP contribution in [0.3, 0.4) is 0 Å². The van der Waals surface area contributed by atoms with Gasteiger partial charge < -0.3 is 9.47 Å². The van der Waals surface area contributed by atoms with Crippen LogP contribution in [0.1, 0.15) is 30.7 Å². The summed E-state index contributed by atoms with van der Waals surface area (Å²) >= 11 is 11.3. The monoisotopic (exact) mass is 273 g/mol. The summed E-state index contributed by atoms with van der Waals surface area (Å²) in [5.74, 6) is 0.122. The highest BCUT2D eigenvalue weighted by molar-refractivity contribution is 6.57. The molecule has 0 unspecified atom stereocenters. The molecule has 1 aromatic rings. The lowest BCUT2D eigenvalue weighted by atomic mass is 10.1. The Bertz CT molecular complexity index is 480. The van der Waals surface area contributed by atoms with Crippen LogP contribution in [-0.2, 0) is 11.3 Å². The summed E-state index contributed by atoms with van der Waals surface area (Å²) in [6.07, 6.45) is 3.35. The van der Waals surface area contributed by atoms with Gasteiger partial charge in [-0.05, 0) is 13.0 Å². The maximum Gasteiger partial charge on any atom is 0.205 e. The highest BCUT2D eigenvalue weighted by Crippen LogP contribution is 2.36. The van der Waals surface area contributed by atoms with Crippen molar-refractivity contribution in [2.75, 3.05) is 0 Å². The molecule has 1 aromatic heterocycles. The smallest absolute Gasteiger partial charge is 0.205 e. The van der Waals surface area contributed by atoms with Gasteiger partial charge in [0, 0.05) is 31.2 Å². The van der Waals surface area contributed by atoms with E-state index < -0.39 is 5.79 Å². The molecule has 0 fully saturated rings. The Hall–Kier alpha value is -0.770. The molecule has 5 heteroatoms.